The Kier molecular flexibility index (Phi) is 3.87. The third kappa shape index (κ3) is 3.18. The van der Waals surface area contributed by atoms with Crippen molar-refractivity contribution in [3.05, 3.63) is 0 Å². The molecule has 0 amide bonds. The van der Waals surface area contributed by atoms with Crippen molar-refractivity contribution in [1.82, 2.24) is 10.2 Å². The molecule has 1 N–H and O–H groups in total. The maximum Gasteiger partial charge on any atom is 0.151 e. The van der Waals surface area contributed by atoms with Crippen molar-refractivity contribution in [2.24, 2.45) is 0 Å². The van der Waals surface area contributed by atoms with E-state index in [-0.39, 0.29) is 6.04 Å². The van der Waals surface area contributed by atoms with Crippen LogP contribution in [0, 0.1) is 0 Å². The molecule has 2 atom stereocenters. The molecule has 0 saturated carbocycles. The van der Waals surface area contributed by atoms with E-state index in [1.54, 1.807) is 0 Å². The van der Waals surface area contributed by atoms with Crippen molar-refractivity contribution in [2.45, 2.75) is 37.8 Å². The molecular weight excluding hydrogens is 224 g/mol. The maximum absolute atomic E-state index is 11.6. The topological polar surface area (TPSA) is 49.4 Å². The van der Waals surface area contributed by atoms with Crippen LogP contribution in [0.2, 0.25) is 0 Å². The fourth-order valence-corrected chi connectivity index (χ4v) is 4.54. The third-order valence-corrected chi connectivity index (χ3v) is 5.54. The fourth-order valence-electron chi connectivity index (χ4n) is 2.76. The van der Waals surface area contributed by atoms with Crippen molar-refractivity contribution < 1.29 is 8.42 Å². The molecule has 2 unspecified atom stereocenters. The van der Waals surface area contributed by atoms with Crippen molar-refractivity contribution in [3.63, 3.8) is 0 Å². The number of hydrogen-bond acceptors (Lipinski definition) is 4. The lowest BCUT2D eigenvalue weighted by atomic mass is 10.1. The first kappa shape index (κ1) is 12.3. The Balaban J connectivity index is 1.86. The SMILES string of the molecule is CN(CC1CCCN1)C1CCCS(=O)(=O)C1. The summed E-state index contributed by atoms with van der Waals surface area (Å²) in [5.74, 6) is 0.745. The van der Waals surface area contributed by atoms with Crippen LogP contribution in [-0.4, -0.2) is 57.0 Å². The normalized spacial score (nSPS) is 34.4. The smallest absolute Gasteiger partial charge is 0.151 e. The van der Waals surface area contributed by atoms with Crippen LogP contribution in [0.1, 0.15) is 25.7 Å². The molecular formula is C11H22N2O2S. The zero-order valence-electron chi connectivity index (χ0n) is 9.98. The summed E-state index contributed by atoms with van der Waals surface area (Å²) in [6, 6.07) is 0.802. The van der Waals surface area contributed by atoms with E-state index in [1.807, 2.05) is 0 Å². The molecule has 16 heavy (non-hydrogen) atoms. The molecule has 4 nitrogen and oxygen atoms in total. The number of nitrogens with one attached hydrogen (secondary N) is 1. The fraction of sp³-hybridized carbons (Fsp3) is 1.00. The van der Waals surface area contributed by atoms with E-state index in [9.17, 15) is 8.42 Å². The van der Waals surface area contributed by atoms with Crippen molar-refractivity contribution in [1.29, 1.82) is 0 Å². The summed E-state index contributed by atoms with van der Waals surface area (Å²) < 4.78 is 23.1. The van der Waals surface area contributed by atoms with E-state index in [0.717, 1.165) is 25.9 Å². The molecule has 0 aromatic heterocycles. The highest BCUT2D eigenvalue weighted by molar-refractivity contribution is 7.91. The van der Waals surface area contributed by atoms with Crippen LogP contribution in [0.25, 0.3) is 0 Å². The first-order chi connectivity index (χ1) is 7.57. The number of hydrogen-bond donors (Lipinski definition) is 1. The lowest BCUT2D eigenvalue weighted by molar-refractivity contribution is 0.222. The van der Waals surface area contributed by atoms with Gasteiger partial charge in [-0.25, -0.2) is 8.42 Å². The molecule has 94 valence electrons. The van der Waals surface area contributed by atoms with E-state index >= 15 is 0 Å². The summed E-state index contributed by atoms with van der Waals surface area (Å²) in [4.78, 5) is 2.24. The minimum absolute atomic E-state index is 0.237. The van der Waals surface area contributed by atoms with Crippen molar-refractivity contribution in [3.8, 4) is 0 Å². The van der Waals surface area contributed by atoms with Crippen molar-refractivity contribution >= 4 is 9.84 Å². The largest absolute Gasteiger partial charge is 0.313 e. The molecule has 0 aromatic rings. The predicted molar refractivity (Wildman–Crippen MR) is 65.3 cm³/mol. The van der Waals surface area contributed by atoms with Gasteiger partial charge >= 0.3 is 0 Å². The zero-order chi connectivity index (χ0) is 11.6. The monoisotopic (exact) mass is 246 g/mol. The van der Waals surface area contributed by atoms with E-state index in [2.05, 4.69) is 17.3 Å². The maximum atomic E-state index is 11.6. The van der Waals surface area contributed by atoms with Crippen LogP contribution in [0.5, 0.6) is 0 Å². The lowest BCUT2D eigenvalue weighted by Gasteiger charge is -2.32. The van der Waals surface area contributed by atoms with Crippen LogP contribution in [0.15, 0.2) is 0 Å². The van der Waals surface area contributed by atoms with Gasteiger partial charge < -0.3 is 10.2 Å². The minimum Gasteiger partial charge on any atom is -0.313 e. The van der Waals surface area contributed by atoms with Gasteiger partial charge in [-0.3, -0.25) is 0 Å². The molecule has 2 heterocycles. The third-order valence-electron chi connectivity index (χ3n) is 3.73. The predicted octanol–water partition coefficient (Wildman–Crippen LogP) is 0.247. The highest BCUT2D eigenvalue weighted by atomic mass is 32.2. The van der Waals surface area contributed by atoms with Crippen LogP contribution >= 0.6 is 0 Å². The molecule has 0 bridgehead atoms. The molecule has 2 rings (SSSR count). The second-order valence-corrected chi connectivity index (χ2v) is 7.37. The Morgan fingerprint density at radius 3 is 2.75 bits per heavy atom. The first-order valence-electron chi connectivity index (χ1n) is 6.21. The highest BCUT2D eigenvalue weighted by Gasteiger charge is 2.28. The molecule has 0 radical (unpaired) electrons. The second-order valence-electron chi connectivity index (χ2n) is 5.14. The van der Waals surface area contributed by atoms with Gasteiger partial charge in [0.25, 0.3) is 0 Å². The van der Waals surface area contributed by atoms with Gasteiger partial charge in [0, 0.05) is 18.6 Å². The molecule has 2 aliphatic heterocycles. The molecule has 2 saturated heterocycles. The molecule has 2 aliphatic rings. The van der Waals surface area contributed by atoms with Crippen LogP contribution < -0.4 is 5.32 Å². The zero-order valence-corrected chi connectivity index (χ0v) is 10.8. The molecule has 0 aromatic carbocycles. The summed E-state index contributed by atoms with van der Waals surface area (Å²) in [6.07, 6.45) is 4.34. The average molecular weight is 246 g/mol. The quantitative estimate of drug-likeness (QED) is 0.775. The number of sulfone groups is 1. The molecule has 0 spiro atoms. The Hall–Kier alpha value is -0.130. The summed E-state index contributed by atoms with van der Waals surface area (Å²) in [5.41, 5.74) is 0. The van der Waals surface area contributed by atoms with Gasteiger partial charge in [-0.15, -0.1) is 0 Å². The minimum atomic E-state index is -2.77. The summed E-state index contributed by atoms with van der Waals surface area (Å²) in [7, 11) is -0.712. The Morgan fingerprint density at radius 2 is 2.12 bits per heavy atom. The van der Waals surface area contributed by atoms with Crippen LogP contribution in [0.3, 0.4) is 0 Å². The standard InChI is InChI=1S/C11H22N2O2S/c1-13(8-10-4-2-6-12-10)11-5-3-7-16(14,15)9-11/h10-12H,2-9H2,1H3. The average Bonchev–Trinajstić information content (AvgIpc) is 2.69. The van der Waals surface area contributed by atoms with Gasteiger partial charge in [0.1, 0.15) is 0 Å². The van der Waals surface area contributed by atoms with E-state index in [0.29, 0.717) is 17.5 Å². The number of likely N-dealkylation sites (N-methyl/N-ethyl adjacent to an activating group) is 1. The van der Waals surface area contributed by atoms with Gasteiger partial charge in [-0.2, -0.15) is 0 Å². The van der Waals surface area contributed by atoms with Crippen LogP contribution in [0.4, 0.5) is 0 Å². The Labute approximate surface area is 98.3 Å². The second kappa shape index (κ2) is 5.02. The van der Waals surface area contributed by atoms with Crippen molar-refractivity contribution in [2.75, 3.05) is 31.6 Å². The first-order valence-corrected chi connectivity index (χ1v) is 8.03. The summed E-state index contributed by atoms with van der Waals surface area (Å²) in [6.45, 7) is 2.10. The van der Waals surface area contributed by atoms with Gasteiger partial charge in [0.05, 0.1) is 11.5 Å². The number of nitrogens with zero attached hydrogens (tertiary/aromatic N) is 1. The Morgan fingerprint density at radius 1 is 1.31 bits per heavy atom. The van der Waals surface area contributed by atoms with Gasteiger partial charge in [-0.05, 0) is 39.3 Å². The lowest BCUT2D eigenvalue weighted by Crippen LogP contribution is -2.46. The Bertz CT molecular complexity index is 323. The van der Waals surface area contributed by atoms with Gasteiger partial charge in [0.2, 0.25) is 0 Å². The van der Waals surface area contributed by atoms with Gasteiger partial charge in [0.15, 0.2) is 9.84 Å². The summed E-state index contributed by atoms with van der Waals surface area (Å²) in [5, 5.41) is 3.46. The molecule has 0 aliphatic carbocycles. The highest BCUT2D eigenvalue weighted by Crippen LogP contribution is 2.18. The van der Waals surface area contributed by atoms with E-state index in [4.69, 9.17) is 0 Å². The van der Waals surface area contributed by atoms with Gasteiger partial charge in [-0.1, -0.05) is 0 Å². The van der Waals surface area contributed by atoms with Crippen LogP contribution in [-0.2, 0) is 9.84 Å². The summed E-state index contributed by atoms with van der Waals surface area (Å²) >= 11 is 0. The van der Waals surface area contributed by atoms with E-state index < -0.39 is 9.84 Å². The molecule has 5 heteroatoms. The molecule has 2 fully saturated rings. The number of rotatable bonds is 3. The van der Waals surface area contributed by atoms with E-state index in [1.165, 1.54) is 12.8 Å².